The lowest BCUT2D eigenvalue weighted by atomic mass is 10.2. The van der Waals surface area contributed by atoms with Crippen molar-refractivity contribution in [1.82, 2.24) is 10.1 Å². The maximum atomic E-state index is 5.58. The smallest absolute Gasteiger partial charge is 0.213 e. The van der Waals surface area contributed by atoms with Gasteiger partial charge in [-0.15, -0.1) is 0 Å². The summed E-state index contributed by atoms with van der Waals surface area (Å²) in [6, 6.07) is 5.74. The van der Waals surface area contributed by atoms with Crippen molar-refractivity contribution in [2.45, 2.75) is 6.42 Å². The maximum Gasteiger partial charge on any atom is 0.213 e. The van der Waals surface area contributed by atoms with E-state index in [0.29, 0.717) is 17.2 Å². The van der Waals surface area contributed by atoms with Crippen molar-refractivity contribution in [3.63, 3.8) is 0 Å². The molecular formula is C11H11BrN4OS. The topological polar surface area (TPSA) is 77.0 Å². The minimum absolute atomic E-state index is 0.375. The number of rotatable bonds is 5. The Balaban J connectivity index is 1.94. The fourth-order valence-corrected chi connectivity index (χ4v) is 2.35. The number of thiocarbonyl (C=S) groups is 1. The highest BCUT2D eigenvalue weighted by Gasteiger charge is 2.04. The fourth-order valence-electron chi connectivity index (χ4n) is 1.45. The standard InChI is InChI=1S/C11H11BrN4OS/c12-9-5-7(1-2-8(9)11(13)18)14-4-3-10-15-6-17-16-10/h1-2,5-6,14H,3-4H2,(H2,13,18). The van der Waals surface area contributed by atoms with Crippen LogP contribution in [0.25, 0.3) is 0 Å². The Morgan fingerprint density at radius 3 is 2.94 bits per heavy atom. The van der Waals surface area contributed by atoms with Crippen LogP contribution in [0.1, 0.15) is 11.4 Å². The summed E-state index contributed by atoms with van der Waals surface area (Å²) in [5.74, 6) is 0.682. The van der Waals surface area contributed by atoms with Gasteiger partial charge in [-0.3, -0.25) is 0 Å². The van der Waals surface area contributed by atoms with E-state index in [1.165, 1.54) is 6.39 Å². The second-order valence-corrected chi connectivity index (χ2v) is 4.88. The molecule has 0 amide bonds. The average Bonchev–Trinajstić information content (AvgIpc) is 2.81. The van der Waals surface area contributed by atoms with E-state index in [2.05, 4.69) is 35.9 Å². The predicted molar refractivity (Wildman–Crippen MR) is 76.5 cm³/mol. The molecule has 0 radical (unpaired) electrons. The number of nitrogens with one attached hydrogen (secondary N) is 1. The van der Waals surface area contributed by atoms with Crippen LogP contribution < -0.4 is 11.1 Å². The normalized spacial score (nSPS) is 10.3. The lowest BCUT2D eigenvalue weighted by Crippen LogP contribution is -2.11. The van der Waals surface area contributed by atoms with Gasteiger partial charge in [-0.1, -0.05) is 17.4 Å². The minimum atomic E-state index is 0.375. The lowest BCUT2D eigenvalue weighted by Gasteiger charge is -2.08. The van der Waals surface area contributed by atoms with Crippen molar-refractivity contribution in [2.75, 3.05) is 11.9 Å². The molecule has 0 unspecified atom stereocenters. The number of nitrogens with two attached hydrogens (primary N) is 1. The second-order valence-electron chi connectivity index (χ2n) is 3.58. The molecule has 18 heavy (non-hydrogen) atoms. The number of nitrogens with zero attached hydrogens (tertiary/aromatic N) is 2. The van der Waals surface area contributed by atoms with Crippen LogP contribution in [0.3, 0.4) is 0 Å². The summed E-state index contributed by atoms with van der Waals surface area (Å²) in [4.78, 5) is 4.32. The summed E-state index contributed by atoms with van der Waals surface area (Å²) in [6.45, 7) is 0.721. The largest absolute Gasteiger partial charge is 0.389 e. The maximum absolute atomic E-state index is 5.58. The third-order valence-corrected chi connectivity index (χ3v) is 3.20. The van der Waals surface area contributed by atoms with E-state index in [1.54, 1.807) is 0 Å². The van der Waals surface area contributed by atoms with E-state index in [9.17, 15) is 0 Å². The molecule has 0 spiro atoms. The van der Waals surface area contributed by atoms with E-state index < -0.39 is 0 Å². The van der Waals surface area contributed by atoms with Crippen LogP contribution >= 0.6 is 28.1 Å². The third kappa shape index (κ3) is 3.27. The summed E-state index contributed by atoms with van der Waals surface area (Å²) in [5.41, 5.74) is 7.39. The van der Waals surface area contributed by atoms with Crippen molar-refractivity contribution in [3.05, 3.63) is 40.5 Å². The quantitative estimate of drug-likeness (QED) is 0.819. The molecule has 3 N–H and O–H groups in total. The molecular weight excluding hydrogens is 316 g/mol. The summed E-state index contributed by atoms with van der Waals surface area (Å²) in [5, 5.41) is 6.99. The summed E-state index contributed by atoms with van der Waals surface area (Å²) < 4.78 is 5.53. The van der Waals surface area contributed by atoms with E-state index in [4.69, 9.17) is 18.0 Å². The molecule has 0 atom stereocenters. The van der Waals surface area contributed by atoms with E-state index in [-0.39, 0.29) is 0 Å². The van der Waals surface area contributed by atoms with Crippen molar-refractivity contribution in [1.29, 1.82) is 0 Å². The van der Waals surface area contributed by atoms with Crippen molar-refractivity contribution >= 4 is 38.8 Å². The van der Waals surface area contributed by atoms with Crippen molar-refractivity contribution in [3.8, 4) is 0 Å². The number of anilines is 1. The van der Waals surface area contributed by atoms with E-state index >= 15 is 0 Å². The zero-order valence-electron chi connectivity index (χ0n) is 9.39. The number of halogens is 1. The van der Waals surface area contributed by atoms with Gasteiger partial charge in [0.25, 0.3) is 0 Å². The van der Waals surface area contributed by atoms with Crippen molar-refractivity contribution < 1.29 is 4.52 Å². The summed E-state index contributed by atoms with van der Waals surface area (Å²) in [6.07, 6.45) is 2.02. The molecule has 0 saturated carbocycles. The van der Waals surface area contributed by atoms with Crippen LogP contribution in [0.15, 0.2) is 33.6 Å². The van der Waals surface area contributed by atoms with Gasteiger partial charge in [0.2, 0.25) is 6.39 Å². The highest BCUT2D eigenvalue weighted by molar-refractivity contribution is 9.10. The first-order valence-electron chi connectivity index (χ1n) is 5.25. The monoisotopic (exact) mass is 326 g/mol. The molecule has 1 aromatic heterocycles. The van der Waals surface area contributed by atoms with Gasteiger partial charge in [0.1, 0.15) is 4.99 Å². The Hall–Kier alpha value is -1.47. The Kier molecular flexibility index (Phi) is 4.27. The first-order chi connectivity index (χ1) is 8.66. The number of hydrogen-bond acceptors (Lipinski definition) is 5. The van der Waals surface area contributed by atoms with Gasteiger partial charge in [0.05, 0.1) is 0 Å². The summed E-state index contributed by atoms with van der Waals surface area (Å²) >= 11 is 8.37. The first kappa shape index (κ1) is 13.0. The SMILES string of the molecule is NC(=S)c1ccc(NCCc2ncon2)cc1Br. The van der Waals surface area contributed by atoms with Crippen molar-refractivity contribution in [2.24, 2.45) is 5.73 Å². The van der Waals surface area contributed by atoms with Gasteiger partial charge in [0.15, 0.2) is 5.82 Å². The molecule has 7 heteroatoms. The van der Waals surface area contributed by atoms with Crippen LogP contribution in [-0.2, 0) is 6.42 Å². The lowest BCUT2D eigenvalue weighted by molar-refractivity contribution is 0.410. The molecule has 0 aliphatic rings. The number of aromatic nitrogens is 2. The van der Waals surface area contributed by atoms with Gasteiger partial charge in [-0.2, -0.15) is 4.98 Å². The van der Waals surface area contributed by atoms with Gasteiger partial charge in [-0.25, -0.2) is 0 Å². The molecule has 5 nitrogen and oxygen atoms in total. The Morgan fingerprint density at radius 1 is 1.50 bits per heavy atom. The molecule has 2 aromatic rings. The molecule has 1 aromatic carbocycles. The Morgan fingerprint density at radius 2 is 2.33 bits per heavy atom. The zero-order chi connectivity index (χ0) is 13.0. The number of hydrogen-bond donors (Lipinski definition) is 2. The Bertz CT molecular complexity index is 544. The molecule has 0 fully saturated rings. The molecule has 0 saturated heterocycles. The van der Waals surface area contributed by atoms with Gasteiger partial charge in [-0.05, 0) is 34.1 Å². The van der Waals surface area contributed by atoms with Crippen LogP contribution in [0.2, 0.25) is 0 Å². The van der Waals surface area contributed by atoms with Gasteiger partial charge in [0, 0.05) is 28.7 Å². The molecule has 94 valence electrons. The average molecular weight is 327 g/mol. The molecule has 0 aliphatic carbocycles. The zero-order valence-corrected chi connectivity index (χ0v) is 11.8. The van der Waals surface area contributed by atoms with Gasteiger partial charge >= 0.3 is 0 Å². The highest BCUT2D eigenvalue weighted by Crippen LogP contribution is 2.21. The third-order valence-electron chi connectivity index (χ3n) is 2.32. The fraction of sp³-hybridized carbons (Fsp3) is 0.182. The van der Waals surface area contributed by atoms with Crippen LogP contribution in [0, 0.1) is 0 Å². The predicted octanol–water partition coefficient (Wildman–Crippen LogP) is 2.12. The van der Waals surface area contributed by atoms with E-state index in [1.807, 2.05) is 18.2 Å². The molecule has 1 heterocycles. The summed E-state index contributed by atoms with van der Waals surface area (Å²) in [7, 11) is 0. The first-order valence-corrected chi connectivity index (χ1v) is 6.45. The Labute approximate surface area is 118 Å². The van der Waals surface area contributed by atoms with Crippen LogP contribution in [-0.4, -0.2) is 21.7 Å². The van der Waals surface area contributed by atoms with Crippen LogP contribution in [0.4, 0.5) is 5.69 Å². The second kappa shape index (κ2) is 5.92. The molecule has 0 bridgehead atoms. The van der Waals surface area contributed by atoms with Gasteiger partial charge < -0.3 is 15.6 Å². The number of benzene rings is 1. The highest BCUT2D eigenvalue weighted by atomic mass is 79.9. The van der Waals surface area contributed by atoms with Crippen LogP contribution in [0.5, 0.6) is 0 Å². The molecule has 0 aliphatic heterocycles. The minimum Gasteiger partial charge on any atom is -0.389 e. The molecule has 2 rings (SSSR count). The van der Waals surface area contributed by atoms with E-state index in [0.717, 1.165) is 22.3 Å².